The summed E-state index contributed by atoms with van der Waals surface area (Å²) in [6, 6.07) is 17.0. The number of carbonyl (C=O) groups excluding carboxylic acids is 1. The first-order valence-corrected chi connectivity index (χ1v) is 10.3. The van der Waals surface area contributed by atoms with E-state index in [9.17, 15) is 13.2 Å². The minimum Gasteiger partial charge on any atom is -0.481 e. The van der Waals surface area contributed by atoms with E-state index in [2.05, 4.69) is 20.0 Å². The molecule has 1 heterocycles. The van der Waals surface area contributed by atoms with Crippen molar-refractivity contribution in [2.24, 2.45) is 0 Å². The van der Waals surface area contributed by atoms with Crippen molar-refractivity contribution in [1.82, 2.24) is 9.97 Å². The zero-order chi connectivity index (χ0) is 20.7. The van der Waals surface area contributed by atoms with E-state index < -0.39 is 10.0 Å². The van der Waals surface area contributed by atoms with Crippen LogP contribution in [-0.4, -0.2) is 31.4 Å². The third-order valence-corrected chi connectivity index (χ3v) is 5.39. The quantitative estimate of drug-likeness (QED) is 0.589. The Morgan fingerprint density at radius 3 is 2.45 bits per heavy atom. The van der Waals surface area contributed by atoms with Gasteiger partial charge in [0, 0.05) is 18.2 Å². The molecule has 0 bridgehead atoms. The number of rotatable bonds is 8. The van der Waals surface area contributed by atoms with E-state index in [4.69, 9.17) is 4.74 Å². The molecule has 1 amide bonds. The van der Waals surface area contributed by atoms with Crippen molar-refractivity contribution in [3.05, 3.63) is 72.6 Å². The Hall–Kier alpha value is -3.46. The van der Waals surface area contributed by atoms with E-state index in [0.29, 0.717) is 18.5 Å². The maximum absolute atomic E-state index is 12.5. The van der Waals surface area contributed by atoms with Crippen molar-refractivity contribution in [2.75, 3.05) is 17.1 Å². The summed E-state index contributed by atoms with van der Waals surface area (Å²) in [6.07, 6.45) is 2.16. The van der Waals surface area contributed by atoms with Gasteiger partial charge < -0.3 is 10.1 Å². The van der Waals surface area contributed by atoms with E-state index >= 15 is 0 Å². The van der Waals surface area contributed by atoms with Gasteiger partial charge in [0.1, 0.15) is 12.1 Å². The third-order valence-electron chi connectivity index (χ3n) is 4.02. The topological polar surface area (TPSA) is 110 Å². The summed E-state index contributed by atoms with van der Waals surface area (Å²) < 4.78 is 32.3. The smallest absolute Gasteiger partial charge is 0.263 e. The number of nitrogens with zero attached hydrogens (tertiary/aromatic N) is 2. The molecule has 0 aliphatic carbocycles. The van der Waals surface area contributed by atoms with Crippen LogP contribution in [0.2, 0.25) is 0 Å². The molecule has 0 fully saturated rings. The first kappa shape index (κ1) is 20.3. The van der Waals surface area contributed by atoms with Gasteiger partial charge in [-0.2, -0.15) is 0 Å². The number of sulfonamides is 1. The summed E-state index contributed by atoms with van der Waals surface area (Å²) in [5.41, 5.74) is 1.60. The van der Waals surface area contributed by atoms with Gasteiger partial charge in [0.15, 0.2) is 0 Å². The standard InChI is InChI=1S/C20H20N4O4S/c1-28-20-13-18(21-14-22-20)24-29(26,27)17-10-8-16(9-11-17)23-19(25)12-7-15-5-3-2-4-6-15/h2-6,8-11,13-14H,7,12H2,1H3,(H,23,25)(H,21,22,24). The van der Waals surface area contributed by atoms with Crippen LogP contribution >= 0.6 is 0 Å². The zero-order valence-corrected chi connectivity index (χ0v) is 16.5. The van der Waals surface area contributed by atoms with Gasteiger partial charge in [0.2, 0.25) is 11.8 Å². The molecule has 0 atom stereocenters. The number of nitrogens with one attached hydrogen (secondary N) is 2. The van der Waals surface area contributed by atoms with Gasteiger partial charge in [-0.05, 0) is 36.2 Å². The van der Waals surface area contributed by atoms with E-state index in [1.54, 1.807) is 0 Å². The van der Waals surface area contributed by atoms with Crippen molar-refractivity contribution >= 4 is 27.4 Å². The largest absolute Gasteiger partial charge is 0.481 e. The highest BCUT2D eigenvalue weighted by atomic mass is 32.2. The van der Waals surface area contributed by atoms with E-state index in [1.807, 2.05) is 30.3 Å². The zero-order valence-electron chi connectivity index (χ0n) is 15.7. The summed E-state index contributed by atoms with van der Waals surface area (Å²) in [4.78, 5) is 19.8. The molecule has 0 saturated carbocycles. The van der Waals surface area contributed by atoms with Gasteiger partial charge >= 0.3 is 0 Å². The highest BCUT2D eigenvalue weighted by molar-refractivity contribution is 7.92. The summed E-state index contributed by atoms with van der Waals surface area (Å²) in [7, 11) is -2.41. The van der Waals surface area contributed by atoms with E-state index in [-0.39, 0.29) is 22.5 Å². The first-order chi connectivity index (χ1) is 14.0. The van der Waals surface area contributed by atoms with Crippen molar-refractivity contribution in [2.45, 2.75) is 17.7 Å². The molecule has 0 aliphatic rings. The second-order valence-electron chi connectivity index (χ2n) is 6.11. The van der Waals surface area contributed by atoms with Crippen LogP contribution < -0.4 is 14.8 Å². The van der Waals surface area contributed by atoms with Crippen molar-refractivity contribution < 1.29 is 17.9 Å². The summed E-state index contributed by atoms with van der Waals surface area (Å²) in [5, 5.41) is 2.76. The number of carbonyl (C=O) groups is 1. The first-order valence-electron chi connectivity index (χ1n) is 8.79. The Bertz CT molecular complexity index is 1070. The average Bonchev–Trinajstić information content (AvgIpc) is 2.73. The Labute approximate surface area is 169 Å². The van der Waals surface area contributed by atoms with Crippen LogP contribution in [0.3, 0.4) is 0 Å². The van der Waals surface area contributed by atoms with Crippen LogP contribution in [-0.2, 0) is 21.2 Å². The highest BCUT2D eigenvalue weighted by Crippen LogP contribution is 2.19. The number of aryl methyl sites for hydroxylation is 1. The monoisotopic (exact) mass is 412 g/mol. The number of anilines is 2. The molecule has 29 heavy (non-hydrogen) atoms. The molecule has 3 aromatic rings. The molecule has 0 aliphatic heterocycles. The lowest BCUT2D eigenvalue weighted by atomic mass is 10.1. The molecule has 3 rings (SSSR count). The number of hydrogen-bond acceptors (Lipinski definition) is 6. The number of benzene rings is 2. The minimum absolute atomic E-state index is 0.0392. The Kier molecular flexibility index (Phi) is 6.40. The minimum atomic E-state index is -3.84. The summed E-state index contributed by atoms with van der Waals surface area (Å²) in [5.74, 6) is 0.192. The highest BCUT2D eigenvalue weighted by Gasteiger charge is 2.15. The van der Waals surface area contributed by atoms with Crippen LogP contribution in [0.1, 0.15) is 12.0 Å². The Morgan fingerprint density at radius 1 is 1.03 bits per heavy atom. The number of amides is 1. The maximum Gasteiger partial charge on any atom is 0.263 e. The molecule has 2 N–H and O–H groups in total. The fraction of sp³-hybridized carbons (Fsp3) is 0.150. The lowest BCUT2D eigenvalue weighted by Crippen LogP contribution is -2.15. The fourth-order valence-corrected chi connectivity index (χ4v) is 3.55. The predicted molar refractivity (Wildman–Crippen MR) is 109 cm³/mol. The third kappa shape index (κ3) is 5.76. The molecule has 0 unspecified atom stereocenters. The van der Waals surface area contributed by atoms with Crippen molar-refractivity contribution in [3.63, 3.8) is 0 Å². The normalized spacial score (nSPS) is 10.9. The molecular formula is C20H20N4O4S. The number of hydrogen-bond donors (Lipinski definition) is 2. The lowest BCUT2D eigenvalue weighted by Gasteiger charge is -2.09. The van der Waals surface area contributed by atoms with Crippen molar-refractivity contribution in [3.8, 4) is 5.88 Å². The van der Waals surface area contributed by atoms with Crippen LogP contribution in [0.5, 0.6) is 5.88 Å². The van der Waals surface area contributed by atoms with Crippen LogP contribution in [0.15, 0.2) is 71.9 Å². The molecule has 1 aromatic heterocycles. The second kappa shape index (κ2) is 9.16. The van der Waals surface area contributed by atoms with Crippen LogP contribution in [0.25, 0.3) is 0 Å². The lowest BCUT2D eigenvalue weighted by molar-refractivity contribution is -0.116. The fourth-order valence-electron chi connectivity index (χ4n) is 2.55. The Morgan fingerprint density at radius 2 is 1.76 bits per heavy atom. The SMILES string of the molecule is COc1cc(NS(=O)(=O)c2ccc(NC(=O)CCc3ccccc3)cc2)ncn1. The average molecular weight is 412 g/mol. The molecule has 150 valence electrons. The second-order valence-corrected chi connectivity index (χ2v) is 7.79. The molecule has 0 saturated heterocycles. The predicted octanol–water partition coefficient (Wildman–Crippen LogP) is 2.86. The molecule has 2 aromatic carbocycles. The van der Waals surface area contributed by atoms with E-state index in [1.165, 1.54) is 43.8 Å². The van der Waals surface area contributed by atoms with E-state index in [0.717, 1.165) is 5.56 Å². The van der Waals surface area contributed by atoms with Gasteiger partial charge in [-0.15, -0.1) is 0 Å². The molecule has 8 nitrogen and oxygen atoms in total. The number of methoxy groups -OCH3 is 1. The Balaban J connectivity index is 1.60. The van der Waals surface area contributed by atoms with Crippen molar-refractivity contribution in [1.29, 1.82) is 0 Å². The van der Waals surface area contributed by atoms with Gasteiger partial charge in [0.25, 0.3) is 10.0 Å². The van der Waals surface area contributed by atoms with Gasteiger partial charge in [-0.1, -0.05) is 30.3 Å². The molecule has 0 spiro atoms. The molecule has 0 radical (unpaired) electrons. The summed E-state index contributed by atoms with van der Waals surface area (Å²) >= 11 is 0. The van der Waals surface area contributed by atoms with Gasteiger partial charge in [0.05, 0.1) is 12.0 Å². The van der Waals surface area contributed by atoms with Crippen LogP contribution in [0, 0.1) is 0 Å². The summed E-state index contributed by atoms with van der Waals surface area (Å²) in [6.45, 7) is 0. The van der Waals surface area contributed by atoms with Gasteiger partial charge in [-0.3, -0.25) is 9.52 Å². The number of aromatic nitrogens is 2. The van der Waals surface area contributed by atoms with Crippen LogP contribution in [0.4, 0.5) is 11.5 Å². The molecular weight excluding hydrogens is 392 g/mol. The molecule has 9 heteroatoms. The maximum atomic E-state index is 12.5. The number of ether oxygens (including phenoxy) is 1. The van der Waals surface area contributed by atoms with Gasteiger partial charge in [-0.25, -0.2) is 18.4 Å².